The Labute approximate surface area is 105 Å². The lowest BCUT2D eigenvalue weighted by atomic mass is 10.3. The first-order chi connectivity index (χ1) is 8.19. The van der Waals surface area contributed by atoms with Crippen molar-refractivity contribution in [3.63, 3.8) is 0 Å². The standard InChI is InChI=1S/C13H12ClNO2/c1-9-12(7-8-13(14)15-9)17-11-5-3-10(16-2)4-6-11/h3-8H,1-2H3. The molecule has 0 N–H and O–H groups in total. The Balaban J connectivity index is 2.19. The molecule has 0 fully saturated rings. The van der Waals surface area contributed by atoms with E-state index in [4.69, 9.17) is 21.1 Å². The fourth-order valence-corrected chi connectivity index (χ4v) is 1.59. The molecule has 0 spiro atoms. The average molecular weight is 250 g/mol. The lowest BCUT2D eigenvalue weighted by Crippen LogP contribution is -1.90. The number of hydrogen-bond donors (Lipinski definition) is 0. The summed E-state index contributed by atoms with van der Waals surface area (Å²) in [5, 5.41) is 0.463. The summed E-state index contributed by atoms with van der Waals surface area (Å²) in [4.78, 5) is 4.12. The van der Waals surface area contributed by atoms with Gasteiger partial charge in [-0.15, -0.1) is 0 Å². The minimum absolute atomic E-state index is 0.463. The summed E-state index contributed by atoms with van der Waals surface area (Å²) in [7, 11) is 1.63. The zero-order valence-electron chi connectivity index (χ0n) is 9.61. The second-order valence-electron chi connectivity index (χ2n) is 3.50. The maximum Gasteiger partial charge on any atom is 0.148 e. The van der Waals surface area contributed by atoms with Gasteiger partial charge in [0, 0.05) is 0 Å². The Bertz CT molecular complexity index is 511. The van der Waals surface area contributed by atoms with E-state index in [1.54, 1.807) is 19.2 Å². The van der Waals surface area contributed by atoms with Crippen molar-refractivity contribution >= 4 is 11.6 Å². The molecule has 17 heavy (non-hydrogen) atoms. The summed E-state index contributed by atoms with van der Waals surface area (Å²) in [6.45, 7) is 1.85. The van der Waals surface area contributed by atoms with Crippen molar-refractivity contribution in [1.29, 1.82) is 0 Å². The molecule has 0 amide bonds. The van der Waals surface area contributed by atoms with Crippen molar-refractivity contribution in [3.05, 3.63) is 47.2 Å². The Kier molecular flexibility index (Phi) is 3.49. The van der Waals surface area contributed by atoms with Gasteiger partial charge in [-0.3, -0.25) is 0 Å². The molecular weight excluding hydrogens is 238 g/mol. The predicted octanol–water partition coefficient (Wildman–Crippen LogP) is 3.84. The Morgan fingerprint density at radius 2 is 1.65 bits per heavy atom. The molecule has 0 aliphatic heterocycles. The average Bonchev–Trinajstić information content (AvgIpc) is 2.34. The highest BCUT2D eigenvalue weighted by Gasteiger charge is 2.03. The van der Waals surface area contributed by atoms with E-state index in [0.29, 0.717) is 10.9 Å². The maximum atomic E-state index is 5.78. The molecule has 0 aliphatic carbocycles. The second-order valence-corrected chi connectivity index (χ2v) is 3.88. The molecule has 1 heterocycles. The van der Waals surface area contributed by atoms with Gasteiger partial charge in [0.2, 0.25) is 0 Å². The van der Waals surface area contributed by atoms with Gasteiger partial charge in [0.15, 0.2) is 0 Å². The molecule has 0 atom stereocenters. The quantitative estimate of drug-likeness (QED) is 0.775. The van der Waals surface area contributed by atoms with Gasteiger partial charge in [0.25, 0.3) is 0 Å². The second kappa shape index (κ2) is 5.06. The van der Waals surface area contributed by atoms with Crippen LogP contribution in [0.3, 0.4) is 0 Å². The number of pyridine rings is 1. The molecule has 88 valence electrons. The fraction of sp³-hybridized carbons (Fsp3) is 0.154. The molecule has 4 heteroatoms. The van der Waals surface area contributed by atoms with Crippen LogP contribution in [0.5, 0.6) is 17.2 Å². The van der Waals surface area contributed by atoms with Crippen LogP contribution < -0.4 is 9.47 Å². The molecule has 2 aromatic rings. The third kappa shape index (κ3) is 2.88. The van der Waals surface area contributed by atoms with E-state index in [-0.39, 0.29) is 0 Å². The van der Waals surface area contributed by atoms with Gasteiger partial charge in [0.1, 0.15) is 22.4 Å². The normalized spacial score (nSPS) is 10.1. The fourth-order valence-electron chi connectivity index (χ4n) is 1.40. The number of aryl methyl sites for hydroxylation is 1. The number of aromatic nitrogens is 1. The summed E-state index contributed by atoms with van der Waals surface area (Å²) in [5.74, 6) is 2.22. The molecule has 0 radical (unpaired) electrons. The molecule has 3 nitrogen and oxygen atoms in total. The highest BCUT2D eigenvalue weighted by molar-refractivity contribution is 6.29. The van der Waals surface area contributed by atoms with Crippen molar-refractivity contribution in [2.24, 2.45) is 0 Å². The topological polar surface area (TPSA) is 31.4 Å². The summed E-state index contributed by atoms with van der Waals surface area (Å²) in [5.41, 5.74) is 0.758. The van der Waals surface area contributed by atoms with Crippen LogP contribution in [0, 0.1) is 6.92 Å². The molecule has 1 aromatic heterocycles. The lowest BCUT2D eigenvalue weighted by molar-refractivity contribution is 0.412. The van der Waals surface area contributed by atoms with Crippen LogP contribution in [0.25, 0.3) is 0 Å². The van der Waals surface area contributed by atoms with Crippen molar-refractivity contribution in [2.75, 3.05) is 7.11 Å². The van der Waals surface area contributed by atoms with Crippen LogP contribution in [0.2, 0.25) is 5.15 Å². The van der Waals surface area contributed by atoms with Gasteiger partial charge in [0.05, 0.1) is 12.8 Å². The minimum atomic E-state index is 0.463. The van der Waals surface area contributed by atoms with Crippen molar-refractivity contribution in [2.45, 2.75) is 6.92 Å². The van der Waals surface area contributed by atoms with E-state index in [2.05, 4.69) is 4.98 Å². The summed E-state index contributed by atoms with van der Waals surface area (Å²) in [6.07, 6.45) is 0. The monoisotopic (exact) mass is 249 g/mol. The number of nitrogens with zero attached hydrogens (tertiary/aromatic N) is 1. The zero-order chi connectivity index (χ0) is 12.3. The van der Waals surface area contributed by atoms with Crippen molar-refractivity contribution in [1.82, 2.24) is 4.98 Å². The summed E-state index contributed by atoms with van der Waals surface area (Å²) in [6, 6.07) is 10.9. The first-order valence-corrected chi connectivity index (χ1v) is 5.52. The van der Waals surface area contributed by atoms with E-state index >= 15 is 0 Å². The molecular formula is C13H12ClNO2. The van der Waals surface area contributed by atoms with Crippen LogP contribution in [0.4, 0.5) is 0 Å². The number of halogens is 1. The van der Waals surface area contributed by atoms with Crippen LogP contribution in [0.15, 0.2) is 36.4 Å². The number of rotatable bonds is 3. The Hall–Kier alpha value is -1.74. The first kappa shape index (κ1) is 11.7. The number of methoxy groups -OCH3 is 1. The molecule has 0 unspecified atom stereocenters. The number of hydrogen-bond acceptors (Lipinski definition) is 3. The Morgan fingerprint density at radius 1 is 1.00 bits per heavy atom. The van der Waals surface area contributed by atoms with Crippen LogP contribution in [-0.2, 0) is 0 Å². The van der Waals surface area contributed by atoms with E-state index in [1.807, 2.05) is 31.2 Å². The van der Waals surface area contributed by atoms with E-state index in [0.717, 1.165) is 17.2 Å². The van der Waals surface area contributed by atoms with E-state index < -0.39 is 0 Å². The van der Waals surface area contributed by atoms with E-state index in [9.17, 15) is 0 Å². The van der Waals surface area contributed by atoms with Gasteiger partial charge < -0.3 is 9.47 Å². The molecule has 0 saturated heterocycles. The third-order valence-electron chi connectivity index (χ3n) is 2.29. The molecule has 0 bridgehead atoms. The minimum Gasteiger partial charge on any atom is -0.497 e. The first-order valence-electron chi connectivity index (χ1n) is 5.14. The van der Waals surface area contributed by atoms with Crippen LogP contribution >= 0.6 is 11.6 Å². The third-order valence-corrected chi connectivity index (χ3v) is 2.50. The molecule has 0 aliphatic rings. The van der Waals surface area contributed by atoms with Gasteiger partial charge in [-0.1, -0.05) is 11.6 Å². The molecule has 2 rings (SSSR count). The van der Waals surface area contributed by atoms with Gasteiger partial charge in [-0.25, -0.2) is 4.98 Å². The maximum absolute atomic E-state index is 5.78. The van der Waals surface area contributed by atoms with Gasteiger partial charge in [-0.2, -0.15) is 0 Å². The highest BCUT2D eigenvalue weighted by atomic mass is 35.5. The van der Waals surface area contributed by atoms with Crippen LogP contribution in [-0.4, -0.2) is 12.1 Å². The van der Waals surface area contributed by atoms with Gasteiger partial charge in [-0.05, 0) is 43.3 Å². The summed E-state index contributed by atoms with van der Waals surface area (Å²) >= 11 is 5.78. The molecule has 0 saturated carbocycles. The number of benzene rings is 1. The summed E-state index contributed by atoms with van der Waals surface area (Å²) < 4.78 is 10.8. The SMILES string of the molecule is COc1ccc(Oc2ccc(Cl)nc2C)cc1. The lowest BCUT2D eigenvalue weighted by Gasteiger charge is -2.08. The van der Waals surface area contributed by atoms with Crippen LogP contribution in [0.1, 0.15) is 5.69 Å². The smallest absolute Gasteiger partial charge is 0.148 e. The highest BCUT2D eigenvalue weighted by Crippen LogP contribution is 2.26. The van der Waals surface area contributed by atoms with E-state index in [1.165, 1.54) is 0 Å². The Morgan fingerprint density at radius 3 is 2.24 bits per heavy atom. The van der Waals surface area contributed by atoms with Gasteiger partial charge >= 0.3 is 0 Å². The number of ether oxygens (including phenoxy) is 2. The zero-order valence-corrected chi connectivity index (χ0v) is 10.4. The van der Waals surface area contributed by atoms with Crippen molar-refractivity contribution in [3.8, 4) is 17.2 Å². The molecule has 1 aromatic carbocycles. The van der Waals surface area contributed by atoms with Crippen molar-refractivity contribution < 1.29 is 9.47 Å². The largest absolute Gasteiger partial charge is 0.497 e. The predicted molar refractivity (Wildman–Crippen MR) is 67.1 cm³/mol.